The van der Waals surface area contributed by atoms with E-state index in [-0.39, 0.29) is 11.4 Å². The smallest absolute Gasteiger partial charge is 0.139 e. The SMILES string of the molecule is N=C(N)c1cc(-c2cc(F)ccc2F)cn1Cc1ccccc1. The van der Waals surface area contributed by atoms with E-state index in [9.17, 15) is 8.78 Å². The summed E-state index contributed by atoms with van der Waals surface area (Å²) in [5, 5.41) is 7.70. The van der Waals surface area contributed by atoms with Gasteiger partial charge in [-0.1, -0.05) is 30.3 Å². The molecule has 0 spiro atoms. The molecule has 0 aliphatic heterocycles. The Hall–Kier alpha value is -2.95. The van der Waals surface area contributed by atoms with Gasteiger partial charge in [0.25, 0.3) is 0 Å². The minimum atomic E-state index is -0.515. The van der Waals surface area contributed by atoms with E-state index in [4.69, 9.17) is 11.1 Å². The fraction of sp³-hybridized carbons (Fsp3) is 0.0556. The standard InChI is InChI=1S/C18H15F2N3/c19-14-6-7-16(20)15(9-14)13-8-17(18(21)22)23(11-13)10-12-4-2-1-3-5-12/h1-9,11H,10H2,(H3,21,22). The molecule has 1 aromatic heterocycles. The van der Waals surface area contributed by atoms with Gasteiger partial charge in [-0.15, -0.1) is 0 Å². The van der Waals surface area contributed by atoms with E-state index in [1.54, 1.807) is 16.8 Å². The molecular formula is C18H15F2N3. The maximum atomic E-state index is 14.0. The predicted octanol–water partition coefficient (Wildman–Crippen LogP) is 3.77. The number of aromatic nitrogens is 1. The number of nitrogens with two attached hydrogens (primary N) is 1. The van der Waals surface area contributed by atoms with E-state index in [2.05, 4.69) is 0 Å². The molecule has 0 bridgehead atoms. The maximum absolute atomic E-state index is 14.0. The van der Waals surface area contributed by atoms with Gasteiger partial charge in [-0.25, -0.2) is 8.78 Å². The van der Waals surface area contributed by atoms with Crippen LogP contribution in [0.5, 0.6) is 0 Å². The van der Waals surface area contributed by atoms with E-state index in [0.717, 1.165) is 23.8 Å². The van der Waals surface area contributed by atoms with Gasteiger partial charge >= 0.3 is 0 Å². The second-order valence-electron chi connectivity index (χ2n) is 5.27. The summed E-state index contributed by atoms with van der Waals surface area (Å²) in [6.45, 7) is 0.493. The van der Waals surface area contributed by atoms with Gasteiger partial charge in [0, 0.05) is 23.9 Å². The third-order valence-electron chi connectivity index (χ3n) is 3.61. The quantitative estimate of drug-likeness (QED) is 0.559. The molecule has 2 aromatic carbocycles. The molecule has 116 valence electrons. The van der Waals surface area contributed by atoms with Crippen molar-refractivity contribution < 1.29 is 8.78 Å². The van der Waals surface area contributed by atoms with E-state index < -0.39 is 11.6 Å². The molecule has 0 saturated carbocycles. The van der Waals surface area contributed by atoms with Crippen LogP contribution in [0.4, 0.5) is 8.78 Å². The Morgan fingerprint density at radius 3 is 2.48 bits per heavy atom. The number of nitrogen functional groups attached to an aromatic ring is 1. The van der Waals surface area contributed by atoms with E-state index in [1.807, 2.05) is 30.3 Å². The number of hydrogen-bond donors (Lipinski definition) is 2. The van der Waals surface area contributed by atoms with Crippen LogP contribution in [0.3, 0.4) is 0 Å². The zero-order chi connectivity index (χ0) is 16.4. The van der Waals surface area contributed by atoms with Gasteiger partial charge in [-0.3, -0.25) is 5.41 Å². The number of nitrogens with one attached hydrogen (secondary N) is 1. The van der Waals surface area contributed by atoms with Crippen LogP contribution >= 0.6 is 0 Å². The van der Waals surface area contributed by atoms with Crippen molar-refractivity contribution in [2.45, 2.75) is 6.54 Å². The molecule has 0 atom stereocenters. The molecule has 0 amide bonds. The Labute approximate surface area is 132 Å². The molecule has 5 heteroatoms. The van der Waals surface area contributed by atoms with Crippen LogP contribution in [0.15, 0.2) is 60.8 Å². The largest absolute Gasteiger partial charge is 0.382 e. The molecule has 0 radical (unpaired) electrons. The molecule has 1 heterocycles. The fourth-order valence-corrected chi connectivity index (χ4v) is 2.51. The Bertz CT molecular complexity index is 854. The highest BCUT2D eigenvalue weighted by molar-refractivity contribution is 5.95. The summed E-state index contributed by atoms with van der Waals surface area (Å²) in [6.07, 6.45) is 1.68. The van der Waals surface area contributed by atoms with Crippen LogP contribution in [0, 0.1) is 17.0 Å². The number of nitrogens with zero attached hydrogens (tertiary/aromatic N) is 1. The molecule has 0 unspecified atom stereocenters. The zero-order valence-corrected chi connectivity index (χ0v) is 12.3. The highest BCUT2D eigenvalue weighted by Gasteiger charge is 2.14. The third kappa shape index (κ3) is 3.13. The van der Waals surface area contributed by atoms with Gasteiger partial charge in [0.15, 0.2) is 0 Å². The Kier molecular flexibility index (Phi) is 3.93. The molecule has 3 nitrogen and oxygen atoms in total. The summed E-state index contributed by atoms with van der Waals surface area (Å²) in [6, 6.07) is 14.6. The van der Waals surface area contributed by atoms with Crippen molar-refractivity contribution in [2.24, 2.45) is 5.73 Å². The van der Waals surface area contributed by atoms with Gasteiger partial charge in [-0.2, -0.15) is 0 Å². The molecule has 0 saturated heterocycles. The number of hydrogen-bond acceptors (Lipinski definition) is 1. The Morgan fingerprint density at radius 1 is 1.04 bits per heavy atom. The van der Waals surface area contributed by atoms with Gasteiger partial charge in [0.2, 0.25) is 0 Å². The Morgan fingerprint density at radius 2 is 1.78 bits per heavy atom. The zero-order valence-electron chi connectivity index (χ0n) is 12.3. The minimum absolute atomic E-state index is 0.121. The van der Waals surface area contributed by atoms with Gasteiger partial charge in [0.1, 0.15) is 17.5 Å². The lowest BCUT2D eigenvalue weighted by molar-refractivity contribution is 0.603. The van der Waals surface area contributed by atoms with Crippen molar-refractivity contribution in [2.75, 3.05) is 0 Å². The average Bonchev–Trinajstić information content (AvgIpc) is 2.94. The lowest BCUT2D eigenvalue weighted by Gasteiger charge is -2.07. The summed E-state index contributed by atoms with van der Waals surface area (Å²) in [7, 11) is 0. The second kappa shape index (κ2) is 6.04. The summed E-state index contributed by atoms with van der Waals surface area (Å²) in [5.74, 6) is -1.15. The first-order valence-electron chi connectivity index (χ1n) is 7.08. The van der Waals surface area contributed by atoms with E-state index >= 15 is 0 Å². The second-order valence-corrected chi connectivity index (χ2v) is 5.27. The normalized spacial score (nSPS) is 10.7. The lowest BCUT2D eigenvalue weighted by Crippen LogP contribution is -2.16. The first kappa shape index (κ1) is 15.0. The number of benzene rings is 2. The summed E-state index contributed by atoms with van der Waals surface area (Å²) < 4.78 is 29.1. The van der Waals surface area contributed by atoms with Crippen LogP contribution in [-0.4, -0.2) is 10.4 Å². The molecule has 3 N–H and O–H groups in total. The molecule has 3 rings (SSSR count). The van der Waals surface area contributed by atoms with Crippen molar-refractivity contribution in [3.05, 3.63) is 83.7 Å². The third-order valence-corrected chi connectivity index (χ3v) is 3.61. The Balaban J connectivity index is 2.05. The first-order chi connectivity index (χ1) is 11.0. The van der Waals surface area contributed by atoms with Crippen LogP contribution in [0.25, 0.3) is 11.1 Å². The van der Waals surface area contributed by atoms with Crippen molar-refractivity contribution in [1.29, 1.82) is 5.41 Å². The van der Waals surface area contributed by atoms with Crippen LogP contribution in [-0.2, 0) is 6.54 Å². The maximum Gasteiger partial charge on any atom is 0.139 e. The van der Waals surface area contributed by atoms with E-state index in [1.165, 1.54) is 0 Å². The summed E-state index contributed by atoms with van der Waals surface area (Å²) in [4.78, 5) is 0. The predicted molar refractivity (Wildman–Crippen MR) is 86.3 cm³/mol. The van der Waals surface area contributed by atoms with Crippen LogP contribution < -0.4 is 5.73 Å². The monoisotopic (exact) mass is 311 g/mol. The fourth-order valence-electron chi connectivity index (χ4n) is 2.51. The van der Waals surface area contributed by atoms with Crippen molar-refractivity contribution in [3.63, 3.8) is 0 Å². The van der Waals surface area contributed by atoms with Gasteiger partial charge in [0.05, 0.1) is 5.69 Å². The molecule has 3 aromatic rings. The summed E-state index contributed by atoms with van der Waals surface area (Å²) >= 11 is 0. The van der Waals surface area contributed by atoms with Crippen LogP contribution in [0.2, 0.25) is 0 Å². The highest BCUT2D eigenvalue weighted by atomic mass is 19.1. The van der Waals surface area contributed by atoms with Crippen LogP contribution in [0.1, 0.15) is 11.3 Å². The lowest BCUT2D eigenvalue weighted by atomic mass is 10.1. The summed E-state index contributed by atoms with van der Waals surface area (Å²) in [5.41, 5.74) is 7.75. The van der Waals surface area contributed by atoms with Gasteiger partial charge in [-0.05, 0) is 29.8 Å². The highest BCUT2D eigenvalue weighted by Crippen LogP contribution is 2.26. The first-order valence-corrected chi connectivity index (χ1v) is 7.08. The molecule has 23 heavy (non-hydrogen) atoms. The van der Waals surface area contributed by atoms with Crippen molar-refractivity contribution in [3.8, 4) is 11.1 Å². The molecule has 0 aliphatic carbocycles. The van der Waals surface area contributed by atoms with Crippen molar-refractivity contribution in [1.82, 2.24) is 4.57 Å². The van der Waals surface area contributed by atoms with E-state index in [0.29, 0.717) is 17.8 Å². The molecular weight excluding hydrogens is 296 g/mol. The minimum Gasteiger partial charge on any atom is -0.382 e. The number of amidine groups is 1. The topological polar surface area (TPSA) is 54.8 Å². The molecule has 0 fully saturated rings. The number of halogens is 2. The van der Waals surface area contributed by atoms with Gasteiger partial charge < -0.3 is 10.3 Å². The van der Waals surface area contributed by atoms with Crippen molar-refractivity contribution >= 4 is 5.84 Å². The number of rotatable bonds is 4. The average molecular weight is 311 g/mol. The molecule has 0 aliphatic rings.